The molecule has 0 bridgehead atoms. The van der Waals surface area contributed by atoms with Crippen LogP contribution in [0.1, 0.15) is 51.4 Å². The smallest absolute Gasteiger partial charge is 0.399 e. The summed E-state index contributed by atoms with van der Waals surface area (Å²) in [5, 5.41) is 0. The highest BCUT2D eigenvalue weighted by atomic mass is 19.1. The molecule has 0 N–H and O–H groups in total. The van der Waals surface area contributed by atoms with Gasteiger partial charge in [-0.25, -0.2) is 4.39 Å². The molecule has 1 saturated heterocycles. The van der Waals surface area contributed by atoms with Crippen molar-refractivity contribution in [2.45, 2.75) is 52.2 Å². The fraction of sp³-hybridized carbons (Fsp3) is 0.533. The molecule has 5 heteroatoms. The van der Waals surface area contributed by atoms with Gasteiger partial charge in [-0.05, 0) is 45.3 Å². The van der Waals surface area contributed by atoms with Crippen molar-refractivity contribution in [2.24, 2.45) is 0 Å². The zero-order chi connectivity index (χ0) is 15.1. The van der Waals surface area contributed by atoms with Gasteiger partial charge in [-0.3, -0.25) is 4.79 Å². The van der Waals surface area contributed by atoms with E-state index in [0.29, 0.717) is 5.46 Å². The van der Waals surface area contributed by atoms with Crippen LogP contribution in [0.5, 0.6) is 0 Å². The van der Waals surface area contributed by atoms with Crippen LogP contribution in [0, 0.1) is 5.82 Å². The molecule has 108 valence electrons. The molecule has 1 aromatic carbocycles. The summed E-state index contributed by atoms with van der Waals surface area (Å²) in [5.41, 5.74) is -0.223. The molecule has 2 rings (SSSR count). The molecule has 0 unspecified atom stereocenters. The maximum absolute atomic E-state index is 14.0. The predicted octanol–water partition coefficient (Wildman–Crippen LogP) is 2.72. The normalized spacial score (nSPS) is 20.2. The molecule has 1 aliphatic rings. The van der Waals surface area contributed by atoms with Gasteiger partial charge in [0.25, 0.3) is 0 Å². The molecule has 1 heterocycles. The Kier molecular flexibility index (Phi) is 3.78. The number of benzene rings is 1. The molecule has 3 nitrogen and oxygen atoms in total. The number of carbonyl (C=O) groups excluding carboxylic acids is 1. The number of ketones is 1. The van der Waals surface area contributed by atoms with E-state index in [4.69, 9.17) is 9.31 Å². The molecule has 0 atom stereocenters. The van der Waals surface area contributed by atoms with Crippen molar-refractivity contribution in [3.63, 3.8) is 0 Å². The highest BCUT2D eigenvalue weighted by molar-refractivity contribution is 6.62. The van der Waals surface area contributed by atoms with Gasteiger partial charge < -0.3 is 9.31 Å². The van der Waals surface area contributed by atoms with E-state index in [1.54, 1.807) is 13.0 Å². The minimum absolute atomic E-state index is 0.118. The van der Waals surface area contributed by atoms with Gasteiger partial charge in [0.05, 0.1) is 16.8 Å². The zero-order valence-electron chi connectivity index (χ0n) is 12.6. The fourth-order valence-electron chi connectivity index (χ4n) is 2.07. The monoisotopic (exact) mass is 278 g/mol. The van der Waals surface area contributed by atoms with Gasteiger partial charge in [-0.2, -0.15) is 0 Å². The largest absolute Gasteiger partial charge is 0.494 e. The second kappa shape index (κ2) is 4.97. The van der Waals surface area contributed by atoms with E-state index in [-0.39, 0.29) is 17.8 Å². The molecule has 0 aliphatic carbocycles. The Morgan fingerprint density at radius 2 is 1.75 bits per heavy atom. The second-order valence-electron chi connectivity index (χ2n) is 6.10. The van der Waals surface area contributed by atoms with Gasteiger partial charge in [-0.15, -0.1) is 0 Å². The third-order valence-electron chi connectivity index (χ3n) is 4.14. The highest BCUT2D eigenvalue weighted by Gasteiger charge is 2.51. The Labute approximate surface area is 119 Å². The number of Topliss-reactive ketones (excluding diaryl/α,β-unsaturated/α-hetero) is 1. The van der Waals surface area contributed by atoms with Crippen molar-refractivity contribution >= 4 is 18.4 Å². The van der Waals surface area contributed by atoms with E-state index in [1.807, 2.05) is 27.7 Å². The number of carbonyl (C=O) groups is 1. The average molecular weight is 278 g/mol. The highest BCUT2D eigenvalue weighted by Crippen LogP contribution is 2.36. The Hall–Kier alpha value is -1.20. The number of halogens is 1. The summed E-state index contributed by atoms with van der Waals surface area (Å²) in [5.74, 6) is -0.730. The van der Waals surface area contributed by atoms with Crippen molar-refractivity contribution in [3.05, 3.63) is 29.6 Å². The Morgan fingerprint density at radius 1 is 1.20 bits per heavy atom. The van der Waals surface area contributed by atoms with Gasteiger partial charge in [0, 0.05) is 6.42 Å². The summed E-state index contributed by atoms with van der Waals surface area (Å²) >= 11 is 0. The van der Waals surface area contributed by atoms with Crippen molar-refractivity contribution in [1.82, 2.24) is 0 Å². The lowest BCUT2D eigenvalue weighted by atomic mass is 9.78. The van der Waals surface area contributed by atoms with E-state index in [9.17, 15) is 9.18 Å². The van der Waals surface area contributed by atoms with Gasteiger partial charge >= 0.3 is 7.12 Å². The van der Waals surface area contributed by atoms with Gasteiger partial charge in [0.1, 0.15) is 5.82 Å². The Morgan fingerprint density at radius 3 is 2.20 bits per heavy atom. The van der Waals surface area contributed by atoms with Crippen LogP contribution in [-0.2, 0) is 9.31 Å². The van der Waals surface area contributed by atoms with E-state index >= 15 is 0 Å². The molecule has 0 radical (unpaired) electrons. The van der Waals surface area contributed by atoms with Crippen LogP contribution < -0.4 is 5.46 Å². The van der Waals surface area contributed by atoms with Crippen LogP contribution in [0.15, 0.2) is 18.2 Å². The van der Waals surface area contributed by atoms with E-state index < -0.39 is 24.1 Å². The van der Waals surface area contributed by atoms with Crippen molar-refractivity contribution in [1.29, 1.82) is 0 Å². The quantitative estimate of drug-likeness (QED) is 0.630. The first-order chi connectivity index (χ1) is 9.18. The molecule has 1 aromatic rings. The Bertz CT molecular complexity index is 524. The molecular weight excluding hydrogens is 258 g/mol. The zero-order valence-corrected chi connectivity index (χ0v) is 12.6. The van der Waals surface area contributed by atoms with Crippen LogP contribution in [-0.4, -0.2) is 24.1 Å². The van der Waals surface area contributed by atoms with E-state index in [1.165, 1.54) is 12.1 Å². The first-order valence-electron chi connectivity index (χ1n) is 6.86. The van der Waals surface area contributed by atoms with Gasteiger partial charge in [0.15, 0.2) is 5.78 Å². The fourth-order valence-corrected chi connectivity index (χ4v) is 2.07. The third-order valence-corrected chi connectivity index (χ3v) is 4.14. The molecule has 0 saturated carbocycles. The van der Waals surface area contributed by atoms with E-state index in [0.717, 1.165) is 0 Å². The van der Waals surface area contributed by atoms with Crippen molar-refractivity contribution in [2.75, 3.05) is 0 Å². The molecule has 0 aromatic heterocycles. The summed E-state index contributed by atoms with van der Waals surface area (Å²) in [7, 11) is -0.611. The minimum atomic E-state index is -0.611. The topological polar surface area (TPSA) is 35.5 Å². The average Bonchev–Trinajstić information content (AvgIpc) is 2.57. The standard InChI is InChI=1S/C15H20BFO3/c1-6-13(18)11-8-7-10(9-12(11)17)16-19-14(2,3)15(4,5)20-16/h7-9H,6H2,1-5H3. The maximum Gasteiger partial charge on any atom is 0.494 e. The van der Waals surface area contributed by atoms with E-state index in [2.05, 4.69) is 0 Å². The number of hydrogen-bond acceptors (Lipinski definition) is 3. The van der Waals surface area contributed by atoms with Crippen molar-refractivity contribution in [3.8, 4) is 0 Å². The Balaban J connectivity index is 2.28. The first-order valence-corrected chi connectivity index (χ1v) is 6.86. The SMILES string of the molecule is CCC(=O)c1ccc(B2OC(C)(C)C(C)(C)O2)cc1F. The van der Waals surface area contributed by atoms with Crippen molar-refractivity contribution < 1.29 is 18.5 Å². The molecule has 1 aliphatic heterocycles. The lowest BCUT2D eigenvalue weighted by Crippen LogP contribution is -2.41. The second-order valence-corrected chi connectivity index (χ2v) is 6.10. The third kappa shape index (κ3) is 2.52. The summed E-state index contributed by atoms with van der Waals surface area (Å²) in [6.07, 6.45) is 0.284. The summed E-state index contributed by atoms with van der Waals surface area (Å²) < 4.78 is 25.7. The number of rotatable bonds is 3. The van der Waals surface area contributed by atoms with Crippen LogP contribution in [0.2, 0.25) is 0 Å². The summed E-state index contributed by atoms with van der Waals surface area (Å²) in [6.45, 7) is 9.48. The molecule has 0 spiro atoms. The first kappa shape index (κ1) is 15.2. The summed E-state index contributed by atoms with van der Waals surface area (Å²) in [6, 6.07) is 4.51. The summed E-state index contributed by atoms with van der Waals surface area (Å²) in [4.78, 5) is 11.6. The lowest BCUT2D eigenvalue weighted by molar-refractivity contribution is 0.00578. The van der Waals surface area contributed by atoms with Gasteiger partial charge in [-0.1, -0.05) is 13.0 Å². The molecule has 20 heavy (non-hydrogen) atoms. The molecule has 1 fully saturated rings. The minimum Gasteiger partial charge on any atom is -0.399 e. The predicted molar refractivity (Wildman–Crippen MR) is 76.7 cm³/mol. The molecular formula is C15H20BFO3. The maximum atomic E-state index is 14.0. The van der Waals surface area contributed by atoms with Crippen LogP contribution in [0.25, 0.3) is 0 Å². The van der Waals surface area contributed by atoms with Crippen LogP contribution >= 0.6 is 0 Å². The number of hydrogen-bond donors (Lipinski definition) is 0. The van der Waals surface area contributed by atoms with Crippen LogP contribution in [0.4, 0.5) is 4.39 Å². The van der Waals surface area contributed by atoms with Gasteiger partial charge in [0.2, 0.25) is 0 Å². The van der Waals surface area contributed by atoms with Crippen LogP contribution in [0.3, 0.4) is 0 Å². The lowest BCUT2D eigenvalue weighted by Gasteiger charge is -2.32. The molecule has 0 amide bonds.